The second-order valence-electron chi connectivity index (χ2n) is 11.8. The molecule has 12 N–H and O–H groups in total. The molecule has 0 saturated carbocycles. The average Bonchev–Trinajstić information content (AvgIpc) is 3.02. The van der Waals surface area contributed by atoms with Crippen LogP contribution in [0, 0.1) is 5.41 Å². The molecule has 47 heavy (non-hydrogen) atoms. The van der Waals surface area contributed by atoms with E-state index in [4.69, 9.17) is 16.9 Å². The van der Waals surface area contributed by atoms with Gasteiger partial charge in [0.05, 0.1) is 6.04 Å². The van der Waals surface area contributed by atoms with Crippen molar-refractivity contribution < 1.29 is 29.4 Å². The molecule has 0 saturated heterocycles. The van der Waals surface area contributed by atoms with Gasteiger partial charge in [-0.1, -0.05) is 56.3 Å². The van der Waals surface area contributed by atoms with Crippen molar-refractivity contribution in [2.24, 2.45) is 11.5 Å². The number of nitrogens with two attached hydrogens (primary N) is 2. The standard InChI is InChI=1S/C33H50N8O6/c1-21(2)37-17-7-6-11-26(30(44)40-27(32(46)47)12-8-18-38-33(35)36)39-31(45)28(20-23-13-15-24(42)16-14-23)41-29(43)25(34)19-22-9-4-3-5-10-22/h3-5,9-10,13-16,21,25-28,37,42H,6-8,11-12,17-20,34H2,1-2H3,(H,39,45)(H,40,44)(H,41,43)(H,46,47)(H4,35,36,38)/t25-,26-,27+,28-/m0/s1. The van der Waals surface area contributed by atoms with E-state index in [0.717, 1.165) is 5.56 Å². The summed E-state index contributed by atoms with van der Waals surface area (Å²) in [7, 11) is 0. The van der Waals surface area contributed by atoms with Crippen molar-refractivity contribution in [3.63, 3.8) is 0 Å². The number of aliphatic carboxylic acids is 1. The second kappa shape index (κ2) is 20.4. The highest BCUT2D eigenvalue weighted by molar-refractivity contribution is 5.94. The van der Waals surface area contributed by atoms with Crippen molar-refractivity contribution in [1.82, 2.24) is 26.6 Å². The molecule has 0 fully saturated rings. The van der Waals surface area contributed by atoms with Crippen LogP contribution in [-0.2, 0) is 32.0 Å². The fourth-order valence-electron chi connectivity index (χ4n) is 4.78. The molecule has 0 aliphatic heterocycles. The number of hydrogen-bond acceptors (Lipinski definition) is 8. The predicted octanol–water partition coefficient (Wildman–Crippen LogP) is 0.475. The molecular formula is C33H50N8O6. The van der Waals surface area contributed by atoms with E-state index in [1.165, 1.54) is 12.1 Å². The average molecular weight is 655 g/mol. The molecule has 4 atom stereocenters. The number of benzene rings is 2. The first-order chi connectivity index (χ1) is 22.3. The molecule has 0 unspecified atom stereocenters. The molecule has 14 nitrogen and oxygen atoms in total. The number of carboxylic acid groups (broad SMARTS) is 1. The lowest BCUT2D eigenvalue weighted by atomic mass is 10.0. The van der Waals surface area contributed by atoms with Crippen LogP contribution in [0.2, 0.25) is 0 Å². The van der Waals surface area contributed by atoms with Crippen LogP contribution in [0.4, 0.5) is 0 Å². The van der Waals surface area contributed by atoms with Crippen LogP contribution in [0.3, 0.4) is 0 Å². The van der Waals surface area contributed by atoms with Gasteiger partial charge in [0.2, 0.25) is 17.7 Å². The van der Waals surface area contributed by atoms with Crippen LogP contribution in [0.25, 0.3) is 0 Å². The number of carbonyl (C=O) groups excluding carboxylic acids is 3. The van der Waals surface area contributed by atoms with Crippen molar-refractivity contribution in [2.45, 2.75) is 89.0 Å². The number of amides is 3. The molecular weight excluding hydrogens is 604 g/mol. The van der Waals surface area contributed by atoms with E-state index in [-0.39, 0.29) is 50.0 Å². The highest BCUT2D eigenvalue weighted by atomic mass is 16.4. The third kappa shape index (κ3) is 15.4. The number of carbonyl (C=O) groups is 4. The molecule has 0 bridgehead atoms. The summed E-state index contributed by atoms with van der Waals surface area (Å²) < 4.78 is 0. The highest BCUT2D eigenvalue weighted by Gasteiger charge is 2.30. The minimum Gasteiger partial charge on any atom is -0.508 e. The Morgan fingerprint density at radius 1 is 0.745 bits per heavy atom. The number of hydrogen-bond donors (Lipinski definition) is 10. The maximum absolute atomic E-state index is 13.8. The zero-order valence-electron chi connectivity index (χ0n) is 27.1. The molecule has 0 aromatic heterocycles. The smallest absolute Gasteiger partial charge is 0.326 e. The minimum absolute atomic E-state index is 0.0393. The summed E-state index contributed by atoms with van der Waals surface area (Å²) in [6.45, 7) is 4.98. The minimum atomic E-state index is -1.24. The Kier molecular flexibility index (Phi) is 16.7. The molecule has 3 amide bonds. The van der Waals surface area contributed by atoms with Gasteiger partial charge in [0.25, 0.3) is 0 Å². The van der Waals surface area contributed by atoms with Gasteiger partial charge in [-0.25, -0.2) is 4.79 Å². The summed E-state index contributed by atoms with van der Waals surface area (Å²) in [5.41, 5.74) is 13.0. The number of unbranched alkanes of at least 4 members (excludes halogenated alkanes) is 1. The van der Waals surface area contributed by atoms with Gasteiger partial charge in [-0.3, -0.25) is 19.8 Å². The van der Waals surface area contributed by atoms with Crippen molar-refractivity contribution in [3.8, 4) is 5.75 Å². The molecule has 258 valence electrons. The van der Waals surface area contributed by atoms with Gasteiger partial charge in [-0.2, -0.15) is 0 Å². The lowest BCUT2D eigenvalue weighted by Crippen LogP contribution is -2.57. The lowest BCUT2D eigenvalue weighted by Gasteiger charge is -2.25. The van der Waals surface area contributed by atoms with E-state index >= 15 is 0 Å². The third-order valence-electron chi connectivity index (χ3n) is 7.35. The monoisotopic (exact) mass is 654 g/mol. The van der Waals surface area contributed by atoms with Gasteiger partial charge < -0.3 is 48.3 Å². The van der Waals surface area contributed by atoms with E-state index in [1.807, 2.05) is 44.2 Å². The first-order valence-corrected chi connectivity index (χ1v) is 15.9. The van der Waals surface area contributed by atoms with Gasteiger partial charge >= 0.3 is 5.97 Å². The van der Waals surface area contributed by atoms with Crippen LogP contribution in [0.1, 0.15) is 57.1 Å². The fourth-order valence-corrected chi connectivity index (χ4v) is 4.78. The van der Waals surface area contributed by atoms with Crippen molar-refractivity contribution >= 4 is 29.7 Å². The number of nitrogens with one attached hydrogen (secondary N) is 6. The largest absolute Gasteiger partial charge is 0.508 e. The molecule has 2 aromatic carbocycles. The zero-order valence-corrected chi connectivity index (χ0v) is 27.1. The number of aromatic hydroxyl groups is 1. The first-order valence-electron chi connectivity index (χ1n) is 15.9. The molecule has 0 heterocycles. The van der Waals surface area contributed by atoms with Gasteiger partial charge in [0, 0.05) is 19.0 Å². The van der Waals surface area contributed by atoms with E-state index in [2.05, 4.69) is 26.6 Å². The van der Waals surface area contributed by atoms with Crippen LogP contribution >= 0.6 is 0 Å². The number of phenols is 1. The summed E-state index contributed by atoms with van der Waals surface area (Å²) in [6, 6.07) is 11.3. The summed E-state index contributed by atoms with van der Waals surface area (Å²) in [6.07, 6.45) is 2.16. The Bertz CT molecular complexity index is 1290. The SMILES string of the molecule is CC(C)NCCCC[C@H](NC(=O)[C@H](Cc1ccc(O)cc1)NC(=O)[C@@H](N)Cc1ccccc1)C(=O)N[C@H](CCCNC(=N)N)C(=O)O. The maximum atomic E-state index is 13.8. The van der Waals surface area contributed by atoms with Crippen LogP contribution in [0.5, 0.6) is 5.75 Å². The predicted molar refractivity (Wildman–Crippen MR) is 180 cm³/mol. The fraction of sp³-hybridized carbons (Fsp3) is 0.485. The Hall–Kier alpha value is -4.69. The van der Waals surface area contributed by atoms with Crippen molar-refractivity contribution in [1.29, 1.82) is 5.41 Å². The van der Waals surface area contributed by atoms with Gasteiger partial charge in [-0.05, 0) is 68.3 Å². The molecule has 0 radical (unpaired) electrons. The van der Waals surface area contributed by atoms with Gasteiger partial charge in [0.15, 0.2) is 5.96 Å². The maximum Gasteiger partial charge on any atom is 0.326 e. The van der Waals surface area contributed by atoms with E-state index in [1.54, 1.807) is 12.1 Å². The normalized spacial score (nSPS) is 13.5. The Labute approximate surface area is 276 Å². The van der Waals surface area contributed by atoms with E-state index < -0.39 is 47.9 Å². The third-order valence-corrected chi connectivity index (χ3v) is 7.35. The quantitative estimate of drug-likeness (QED) is 0.0507. The summed E-state index contributed by atoms with van der Waals surface area (Å²) >= 11 is 0. The zero-order chi connectivity index (χ0) is 34.8. The molecule has 2 rings (SSSR count). The second-order valence-corrected chi connectivity index (χ2v) is 11.8. The van der Waals surface area contributed by atoms with Crippen LogP contribution in [-0.4, -0.2) is 83.2 Å². The van der Waals surface area contributed by atoms with Gasteiger partial charge in [-0.15, -0.1) is 0 Å². The van der Waals surface area contributed by atoms with Gasteiger partial charge in [0.1, 0.15) is 23.9 Å². The number of carboxylic acids is 1. The number of rotatable bonds is 21. The molecule has 0 aliphatic carbocycles. The molecule has 0 aliphatic rings. The Balaban J connectivity index is 2.22. The topological polar surface area (TPSA) is 245 Å². The van der Waals surface area contributed by atoms with E-state index in [0.29, 0.717) is 31.4 Å². The number of phenolic OH excluding ortho intramolecular Hbond substituents is 1. The molecule has 0 spiro atoms. The Morgan fingerprint density at radius 2 is 1.32 bits per heavy atom. The highest BCUT2D eigenvalue weighted by Crippen LogP contribution is 2.13. The van der Waals surface area contributed by atoms with Crippen LogP contribution in [0.15, 0.2) is 54.6 Å². The number of guanidine groups is 1. The molecule has 14 heteroatoms. The molecule has 2 aromatic rings. The first kappa shape index (κ1) is 38.5. The summed E-state index contributed by atoms with van der Waals surface area (Å²) in [4.78, 5) is 52.3. The summed E-state index contributed by atoms with van der Waals surface area (Å²) in [5, 5.41) is 40.6. The van der Waals surface area contributed by atoms with Crippen molar-refractivity contribution in [3.05, 3.63) is 65.7 Å². The Morgan fingerprint density at radius 3 is 1.94 bits per heavy atom. The van der Waals surface area contributed by atoms with Crippen LogP contribution < -0.4 is 38.1 Å². The van der Waals surface area contributed by atoms with E-state index in [9.17, 15) is 29.4 Å². The lowest BCUT2D eigenvalue weighted by molar-refractivity contribution is -0.142. The summed E-state index contributed by atoms with van der Waals surface area (Å²) in [5.74, 6) is -3.31. The van der Waals surface area contributed by atoms with Crippen molar-refractivity contribution in [2.75, 3.05) is 13.1 Å².